The van der Waals surface area contributed by atoms with Crippen molar-refractivity contribution in [3.05, 3.63) is 35.2 Å². The summed E-state index contributed by atoms with van der Waals surface area (Å²) in [5.41, 5.74) is 0.792. The van der Waals surface area contributed by atoms with Crippen LogP contribution in [0.25, 0.3) is 11.5 Å². The van der Waals surface area contributed by atoms with Crippen LogP contribution in [0, 0.1) is 5.92 Å². The van der Waals surface area contributed by atoms with Gasteiger partial charge >= 0.3 is 0 Å². The molecule has 1 unspecified atom stereocenters. The molecular formula is C15H18ClN3O. The summed E-state index contributed by atoms with van der Waals surface area (Å²) in [7, 11) is 0. The van der Waals surface area contributed by atoms with E-state index in [4.69, 9.17) is 16.0 Å². The molecule has 106 valence electrons. The largest absolute Gasteiger partial charge is 0.419 e. The summed E-state index contributed by atoms with van der Waals surface area (Å²) in [6, 6.07) is 7.52. The van der Waals surface area contributed by atoms with Crippen molar-refractivity contribution in [3.63, 3.8) is 0 Å². The molecule has 2 aromatic rings. The molecule has 0 N–H and O–H groups in total. The van der Waals surface area contributed by atoms with Gasteiger partial charge in [0.2, 0.25) is 11.8 Å². The maximum Gasteiger partial charge on any atom is 0.249 e. The lowest BCUT2D eigenvalue weighted by molar-refractivity contribution is 0.163. The zero-order valence-electron chi connectivity index (χ0n) is 11.6. The number of piperidine rings is 1. The predicted molar refractivity (Wildman–Crippen MR) is 78.4 cm³/mol. The van der Waals surface area contributed by atoms with E-state index >= 15 is 0 Å². The monoisotopic (exact) mass is 291 g/mol. The van der Waals surface area contributed by atoms with Gasteiger partial charge in [-0.15, -0.1) is 10.2 Å². The topological polar surface area (TPSA) is 42.2 Å². The molecule has 1 aromatic carbocycles. The van der Waals surface area contributed by atoms with Crippen LogP contribution in [0.4, 0.5) is 0 Å². The van der Waals surface area contributed by atoms with E-state index in [1.54, 1.807) is 0 Å². The second-order valence-corrected chi connectivity index (χ2v) is 5.87. The Morgan fingerprint density at radius 1 is 1.35 bits per heavy atom. The summed E-state index contributed by atoms with van der Waals surface area (Å²) in [5.74, 6) is 1.90. The number of halogens is 1. The molecule has 4 nitrogen and oxygen atoms in total. The fourth-order valence-corrected chi connectivity index (χ4v) is 2.90. The van der Waals surface area contributed by atoms with Gasteiger partial charge in [0, 0.05) is 6.54 Å². The third-order valence-electron chi connectivity index (χ3n) is 3.67. The van der Waals surface area contributed by atoms with Gasteiger partial charge in [-0.1, -0.05) is 30.7 Å². The highest BCUT2D eigenvalue weighted by Gasteiger charge is 2.19. The second-order valence-electron chi connectivity index (χ2n) is 5.46. The Labute approximate surface area is 123 Å². The first-order valence-electron chi connectivity index (χ1n) is 7.02. The first kappa shape index (κ1) is 13.6. The van der Waals surface area contributed by atoms with Crippen LogP contribution in [0.15, 0.2) is 28.7 Å². The van der Waals surface area contributed by atoms with Gasteiger partial charge in [0.15, 0.2) is 0 Å². The highest BCUT2D eigenvalue weighted by Crippen LogP contribution is 2.26. The summed E-state index contributed by atoms with van der Waals surface area (Å²) < 4.78 is 5.74. The van der Waals surface area contributed by atoms with Crippen molar-refractivity contribution in [2.45, 2.75) is 26.3 Å². The zero-order chi connectivity index (χ0) is 13.9. The highest BCUT2D eigenvalue weighted by atomic mass is 35.5. The van der Waals surface area contributed by atoms with Crippen molar-refractivity contribution >= 4 is 11.6 Å². The lowest BCUT2D eigenvalue weighted by atomic mass is 10.0. The van der Waals surface area contributed by atoms with E-state index in [0.29, 0.717) is 16.8 Å². The Morgan fingerprint density at radius 2 is 2.20 bits per heavy atom. The molecule has 2 heterocycles. The van der Waals surface area contributed by atoms with E-state index in [0.717, 1.165) is 31.1 Å². The van der Waals surface area contributed by atoms with E-state index in [2.05, 4.69) is 22.0 Å². The number of hydrogen-bond acceptors (Lipinski definition) is 4. The summed E-state index contributed by atoms with van der Waals surface area (Å²) in [4.78, 5) is 2.37. The number of rotatable bonds is 3. The Balaban J connectivity index is 1.72. The minimum atomic E-state index is 0.496. The SMILES string of the molecule is CC1CCCN(Cc2nnc(-c3ccccc3Cl)o2)C1. The molecule has 1 aliphatic rings. The van der Waals surface area contributed by atoms with Crippen LogP contribution >= 0.6 is 11.6 Å². The van der Waals surface area contributed by atoms with Gasteiger partial charge in [0.25, 0.3) is 0 Å². The average molecular weight is 292 g/mol. The van der Waals surface area contributed by atoms with E-state index in [9.17, 15) is 0 Å². The lowest BCUT2D eigenvalue weighted by Gasteiger charge is -2.29. The van der Waals surface area contributed by atoms with Crippen LogP contribution < -0.4 is 0 Å². The fraction of sp³-hybridized carbons (Fsp3) is 0.467. The molecule has 0 aliphatic carbocycles. The maximum absolute atomic E-state index is 6.14. The molecule has 5 heteroatoms. The Kier molecular flexibility index (Phi) is 4.03. The summed E-state index contributed by atoms with van der Waals surface area (Å²) >= 11 is 6.14. The van der Waals surface area contributed by atoms with Gasteiger partial charge in [-0.25, -0.2) is 0 Å². The molecule has 1 fully saturated rings. The normalized spacial score (nSPS) is 20.2. The van der Waals surface area contributed by atoms with E-state index < -0.39 is 0 Å². The second kappa shape index (κ2) is 5.94. The first-order valence-corrected chi connectivity index (χ1v) is 7.40. The lowest BCUT2D eigenvalue weighted by Crippen LogP contribution is -2.33. The van der Waals surface area contributed by atoms with Gasteiger partial charge in [-0.2, -0.15) is 0 Å². The van der Waals surface area contributed by atoms with Crippen LogP contribution in [0.2, 0.25) is 5.02 Å². The molecule has 1 aliphatic heterocycles. The molecule has 1 aromatic heterocycles. The third kappa shape index (κ3) is 3.02. The number of nitrogens with zero attached hydrogens (tertiary/aromatic N) is 3. The Morgan fingerprint density at radius 3 is 3.00 bits per heavy atom. The number of benzene rings is 1. The molecule has 20 heavy (non-hydrogen) atoms. The highest BCUT2D eigenvalue weighted by molar-refractivity contribution is 6.33. The van der Waals surface area contributed by atoms with Gasteiger partial charge in [0.05, 0.1) is 17.1 Å². The van der Waals surface area contributed by atoms with E-state index in [1.807, 2.05) is 24.3 Å². The number of aromatic nitrogens is 2. The minimum absolute atomic E-state index is 0.496. The Bertz CT molecular complexity index is 584. The fourth-order valence-electron chi connectivity index (χ4n) is 2.68. The van der Waals surface area contributed by atoms with Gasteiger partial charge in [-0.05, 0) is 37.4 Å². The summed E-state index contributed by atoms with van der Waals surface area (Å²) in [6.45, 7) is 5.22. The number of hydrogen-bond donors (Lipinski definition) is 0. The molecular weight excluding hydrogens is 274 g/mol. The summed E-state index contributed by atoms with van der Waals surface area (Å²) in [5, 5.41) is 8.87. The quantitative estimate of drug-likeness (QED) is 0.866. The molecule has 0 radical (unpaired) electrons. The van der Waals surface area contributed by atoms with Crippen molar-refractivity contribution in [2.24, 2.45) is 5.92 Å². The predicted octanol–water partition coefficient (Wildman–Crippen LogP) is 3.62. The smallest absolute Gasteiger partial charge is 0.249 e. The summed E-state index contributed by atoms with van der Waals surface area (Å²) in [6.07, 6.45) is 2.55. The van der Waals surface area contributed by atoms with Crippen LogP contribution in [0.5, 0.6) is 0 Å². The molecule has 3 rings (SSSR count). The van der Waals surface area contributed by atoms with Crippen LogP contribution in [-0.4, -0.2) is 28.2 Å². The molecule has 0 bridgehead atoms. The zero-order valence-corrected chi connectivity index (χ0v) is 12.3. The van der Waals surface area contributed by atoms with E-state index in [1.165, 1.54) is 12.8 Å². The molecule has 0 saturated carbocycles. The van der Waals surface area contributed by atoms with Crippen molar-refractivity contribution in [2.75, 3.05) is 13.1 Å². The van der Waals surface area contributed by atoms with Crippen LogP contribution in [-0.2, 0) is 6.54 Å². The van der Waals surface area contributed by atoms with Crippen LogP contribution in [0.3, 0.4) is 0 Å². The van der Waals surface area contributed by atoms with Crippen molar-refractivity contribution in [1.82, 2.24) is 15.1 Å². The molecule has 0 spiro atoms. The maximum atomic E-state index is 6.14. The molecule has 1 atom stereocenters. The molecule has 0 amide bonds. The van der Waals surface area contributed by atoms with Gasteiger partial charge < -0.3 is 4.42 Å². The van der Waals surface area contributed by atoms with Crippen molar-refractivity contribution < 1.29 is 4.42 Å². The molecule has 1 saturated heterocycles. The van der Waals surface area contributed by atoms with Gasteiger partial charge in [-0.3, -0.25) is 4.90 Å². The standard InChI is InChI=1S/C15H18ClN3O/c1-11-5-4-8-19(9-11)10-14-17-18-15(20-14)12-6-2-3-7-13(12)16/h2-3,6-7,11H,4-5,8-10H2,1H3. The average Bonchev–Trinajstić information content (AvgIpc) is 2.87. The van der Waals surface area contributed by atoms with Crippen LogP contribution in [0.1, 0.15) is 25.7 Å². The van der Waals surface area contributed by atoms with Gasteiger partial charge in [0.1, 0.15) is 0 Å². The van der Waals surface area contributed by atoms with Crippen molar-refractivity contribution in [1.29, 1.82) is 0 Å². The minimum Gasteiger partial charge on any atom is -0.419 e. The first-order chi connectivity index (χ1) is 9.72. The third-order valence-corrected chi connectivity index (χ3v) is 4.00. The Hall–Kier alpha value is -1.39. The number of likely N-dealkylation sites (tertiary alicyclic amines) is 1. The van der Waals surface area contributed by atoms with E-state index in [-0.39, 0.29) is 0 Å². The van der Waals surface area contributed by atoms with Crippen molar-refractivity contribution in [3.8, 4) is 11.5 Å².